The molecule has 5 heteroatoms. The smallest absolute Gasteiger partial charge is 0.110 e. The van der Waals surface area contributed by atoms with E-state index in [-0.39, 0.29) is 0 Å². The van der Waals surface area contributed by atoms with Gasteiger partial charge in [0.15, 0.2) is 0 Å². The van der Waals surface area contributed by atoms with E-state index in [1.165, 1.54) is 0 Å². The second-order valence-electron chi connectivity index (χ2n) is 5.39. The van der Waals surface area contributed by atoms with Gasteiger partial charge in [-0.25, -0.2) is 4.98 Å². The Bertz CT molecular complexity index is 740. The van der Waals surface area contributed by atoms with Crippen molar-refractivity contribution >= 4 is 0 Å². The maximum atomic E-state index is 10.2. The largest absolute Gasteiger partial charge is 0.387 e. The Labute approximate surface area is 135 Å². The molecule has 5 nitrogen and oxygen atoms in total. The fourth-order valence-electron chi connectivity index (χ4n) is 2.59. The van der Waals surface area contributed by atoms with E-state index in [0.29, 0.717) is 13.1 Å². The number of benzene rings is 1. The maximum Gasteiger partial charge on any atom is 0.110 e. The molecule has 0 fully saturated rings. The average Bonchev–Trinajstić information content (AvgIpc) is 2.97. The normalized spacial score (nSPS) is 12.3. The van der Waals surface area contributed by atoms with Crippen LogP contribution in [0.1, 0.15) is 23.2 Å². The quantitative estimate of drug-likeness (QED) is 0.734. The van der Waals surface area contributed by atoms with Gasteiger partial charge in [0, 0.05) is 31.2 Å². The fourth-order valence-corrected chi connectivity index (χ4v) is 2.59. The predicted octanol–water partition coefficient (Wildman–Crippen LogP) is 2.40. The van der Waals surface area contributed by atoms with Crippen LogP contribution in [-0.2, 0) is 6.54 Å². The number of aliphatic hydroxyl groups excluding tert-OH is 1. The number of para-hydroxylation sites is 1. The third kappa shape index (κ3) is 3.64. The van der Waals surface area contributed by atoms with Gasteiger partial charge in [-0.05, 0) is 36.8 Å². The van der Waals surface area contributed by atoms with Crippen molar-refractivity contribution < 1.29 is 5.11 Å². The molecule has 1 atom stereocenters. The first-order chi connectivity index (χ1) is 11.3. The number of nitrogens with one attached hydrogen (secondary N) is 1. The van der Waals surface area contributed by atoms with Gasteiger partial charge in [-0.2, -0.15) is 0 Å². The zero-order valence-electron chi connectivity index (χ0n) is 13.1. The number of rotatable bonds is 6. The van der Waals surface area contributed by atoms with Crippen molar-refractivity contribution in [3.8, 4) is 5.69 Å². The molecule has 0 bridgehead atoms. The Morgan fingerprint density at radius 1 is 1.13 bits per heavy atom. The van der Waals surface area contributed by atoms with E-state index in [0.717, 1.165) is 22.8 Å². The van der Waals surface area contributed by atoms with E-state index in [2.05, 4.69) is 32.0 Å². The topological polar surface area (TPSA) is 63.0 Å². The molecular formula is C18H20N4O. The molecule has 3 aromatic rings. The molecule has 0 radical (unpaired) electrons. The van der Waals surface area contributed by atoms with Crippen LogP contribution in [0.15, 0.2) is 61.1 Å². The van der Waals surface area contributed by atoms with Gasteiger partial charge in [-0.1, -0.05) is 18.2 Å². The van der Waals surface area contributed by atoms with Crippen molar-refractivity contribution in [2.24, 2.45) is 0 Å². The lowest BCUT2D eigenvalue weighted by atomic mass is 10.1. The molecule has 0 aliphatic carbocycles. The Balaban J connectivity index is 1.66. The van der Waals surface area contributed by atoms with Crippen molar-refractivity contribution in [1.29, 1.82) is 0 Å². The Hall–Kier alpha value is -2.50. The molecule has 0 saturated heterocycles. The summed E-state index contributed by atoms with van der Waals surface area (Å²) in [5, 5.41) is 13.5. The number of hydrogen-bond acceptors (Lipinski definition) is 4. The van der Waals surface area contributed by atoms with Gasteiger partial charge in [-0.15, -0.1) is 0 Å². The highest BCUT2D eigenvalue weighted by Gasteiger charge is 2.10. The van der Waals surface area contributed by atoms with Crippen LogP contribution in [0.3, 0.4) is 0 Å². The lowest BCUT2D eigenvalue weighted by molar-refractivity contribution is 0.174. The number of imidazole rings is 1. The van der Waals surface area contributed by atoms with Crippen LogP contribution in [0.25, 0.3) is 5.69 Å². The number of hydrogen-bond donors (Lipinski definition) is 2. The van der Waals surface area contributed by atoms with Gasteiger partial charge < -0.3 is 10.4 Å². The average molecular weight is 308 g/mol. The van der Waals surface area contributed by atoms with Crippen molar-refractivity contribution in [3.63, 3.8) is 0 Å². The molecule has 1 unspecified atom stereocenters. The van der Waals surface area contributed by atoms with Crippen molar-refractivity contribution in [1.82, 2.24) is 19.9 Å². The van der Waals surface area contributed by atoms with Crippen molar-refractivity contribution in [2.45, 2.75) is 19.6 Å². The van der Waals surface area contributed by atoms with Crippen LogP contribution in [0, 0.1) is 6.92 Å². The van der Waals surface area contributed by atoms with Crippen LogP contribution in [-0.4, -0.2) is 26.2 Å². The zero-order valence-corrected chi connectivity index (χ0v) is 13.1. The van der Waals surface area contributed by atoms with Crippen LogP contribution >= 0.6 is 0 Å². The molecule has 2 heterocycles. The number of aromatic nitrogens is 3. The summed E-state index contributed by atoms with van der Waals surface area (Å²) in [6.45, 7) is 3.10. The van der Waals surface area contributed by atoms with E-state index in [4.69, 9.17) is 0 Å². The molecule has 1 aromatic carbocycles. The zero-order chi connectivity index (χ0) is 16.1. The molecule has 2 aromatic heterocycles. The second kappa shape index (κ2) is 7.17. The summed E-state index contributed by atoms with van der Waals surface area (Å²) in [6.07, 6.45) is 4.69. The number of aliphatic hydroxyl groups is 1. The first kappa shape index (κ1) is 15.4. The van der Waals surface area contributed by atoms with Gasteiger partial charge in [0.25, 0.3) is 0 Å². The van der Waals surface area contributed by atoms with Crippen molar-refractivity contribution in [2.75, 3.05) is 6.54 Å². The third-order valence-corrected chi connectivity index (χ3v) is 3.76. The summed E-state index contributed by atoms with van der Waals surface area (Å²) in [4.78, 5) is 8.36. The predicted molar refractivity (Wildman–Crippen MR) is 89.2 cm³/mol. The minimum atomic E-state index is -0.549. The van der Waals surface area contributed by atoms with Gasteiger partial charge in [0.2, 0.25) is 0 Å². The summed E-state index contributed by atoms with van der Waals surface area (Å²) in [5.74, 6) is 0.947. The minimum absolute atomic E-state index is 0.475. The molecule has 118 valence electrons. The monoisotopic (exact) mass is 308 g/mol. The molecular weight excluding hydrogens is 288 g/mol. The Morgan fingerprint density at radius 3 is 2.61 bits per heavy atom. The summed E-state index contributed by atoms with van der Waals surface area (Å²) in [6, 6.07) is 13.8. The highest BCUT2D eigenvalue weighted by atomic mass is 16.3. The van der Waals surface area contributed by atoms with Crippen LogP contribution in [0.2, 0.25) is 0 Å². The Morgan fingerprint density at radius 2 is 1.87 bits per heavy atom. The summed E-state index contributed by atoms with van der Waals surface area (Å²) in [7, 11) is 0. The molecule has 3 rings (SSSR count). The van der Waals surface area contributed by atoms with Crippen LogP contribution < -0.4 is 5.32 Å². The molecule has 0 aliphatic heterocycles. The lowest BCUT2D eigenvalue weighted by Gasteiger charge is -2.14. The SMILES string of the molecule is Cc1ncc(CNCC(O)c2ccncc2)n1-c1ccccc1. The summed E-state index contributed by atoms with van der Waals surface area (Å²) < 4.78 is 2.12. The van der Waals surface area contributed by atoms with E-state index in [9.17, 15) is 5.11 Å². The summed E-state index contributed by atoms with van der Waals surface area (Å²) >= 11 is 0. The van der Waals surface area contributed by atoms with E-state index in [1.54, 1.807) is 12.4 Å². The third-order valence-electron chi connectivity index (χ3n) is 3.76. The fraction of sp³-hybridized carbons (Fsp3) is 0.222. The molecule has 0 saturated carbocycles. The van der Waals surface area contributed by atoms with Gasteiger partial charge in [0.05, 0.1) is 18.0 Å². The standard InChI is InChI=1S/C18H20N4O/c1-14-21-12-17(22(14)16-5-3-2-4-6-16)11-20-13-18(23)15-7-9-19-10-8-15/h2-10,12,18,20,23H,11,13H2,1H3. The highest BCUT2D eigenvalue weighted by molar-refractivity contribution is 5.35. The molecule has 0 aliphatic rings. The minimum Gasteiger partial charge on any atom is -0.387 e. The maximum absolute atomic E-state index is 10.2. The van der Waals surface area contributed by atoms with E-state index in [1.807, 2.05) is 43.5 Å². The number of pyridine rings is 1. The first-order valence-corrected chi connectivity index (χ1v) is 7.63. The van der Waals surface area contributed by atoms with Gasteiger partial charge in [0.1, 0.15) is 5.82 Å². The molecule has 0 amide bonds. The van der Waals surface area contributed by atoms with E-state index >= 15 is 0 Å². The van der Waals surface area contributed by atoms with Crippen molar-refractivity contribution in [3.05, 3.63) is 78.1 Å². The van der Waals surface area contributed by atoms with E-state index < -0.39 is 6.10 Å². The molecule has 23 heavy (non-hydrogen) atoms. The summed E-state index contributed by atoms with van der Waals surface area (Å²) in [5.41, 5.74) is 3.02. The second-order valence-corrected chi connectivity index (χ2v) is 5.39. The Kier molecular flexibility index (Phi) is 4.80. The van der Waals surface area contributed by atoms with Gasteiger partial charge in [-0.3, -0.25) is 9.55 Å². The number of aryl methyl sites for hydroxylation is 1. The number of nitrogens with zero attached hydrogens (tertiary/aromatic N) is 3. The van der Waals surface area contributed by atoms with Crippen LogP contribution in [0.4, 0.5) is 0 Å². The highest BCUT2D eigenvalue weighted by Crippen LogP contribution is 2.15. The lowest BCUT2D eigenvalue weighted by Crippen LogP contribution is -2.22. The van der Waals surface area contributed by atoms with Gasteiger partial charge >= 0.3 is 0 Å². The molecule has 2 N–H and O–H groups in total. The first-order valence-electron chi connectivity index (χ1n) is 7.63. The van der Waals surface area contributed by atoms with Crippen LogP contribution in [0.5, 0.6) is 0 Å². The molecule has 0 spiro atoms.